The van der Waals surface area contributed by atoms with E-state index in [1.54, 1.807) is 44.6 Å². The monoisotopic (exact) mass is 346 g/mol. The molecular weight excluding hydrogens is 330 g/mol. The maximum atomic E-state index is 12.6. The third kappa shape index (κ3) is 4.65. The molecule has 2 aromatic rings. The van der Waals surface area contributed by atoms with Gasteiger partial charge < -0.3 is 14.2 Å². The van der Waals surface area contributed by atoms with E-state index in [4.69, 9.17) is 25.8 Å². The van der Waals surface area contributed by atoms with E-state index in [9.17, 15) is 4.79 Å². The van der Waals surface area contributed by atoms with Gasteiger partial charge in [-0.05, 0) is 32.8 Å². The molecule has 0 aromatic heterocycles. The van der Waals surface area contributed by atoms with Crippen LogP contribution in [0.15, 0.2) is 36.4 Å². The molecule has 0 aliphatic carbocycles. The fourth-order valence-electron chi connectivity index (χ4n) is 1.98. The average Bonchev–Trinajstić information content (AvgIpc) is 2.54. The normalized spacial score (nSPS) is 10.3. The minimum absolute atomic E-state index is 0. The fourth-order valence-corrected chi connectivity index (χ4v) is 3.40. The molecule has 0 bridgehead atoms. The summed E-state index contributed by atoms with van der Waals surface area (Å²) in [5, 5.41) is 1.17. The van der Waals surface area contributed by atoms with E-state index in [-0.39, 0.29) is 33.0 Å². The van der Waals surface area contributed by atoms with Crippen molar-refractivity contribution in [3.05, 3.63) is 47.0 Å². The third-order valence-corrected chi connectivity index (χ3v) is 4.55. The van der Waals surface area contributed by atoms with Crippen molar-refractivity contribution in [3.63, 3.8) is 0 Å². The Morgan fingerprint density at radius 2 is 1.70 bits per heavy atom. The van der Waals surface area contributed by atoms with Gasteiger partial charge in [0.15, 0.2) is 5.52 Å². The van der Waals surface area contributed by atoms with Gasteiger partial charge in [0.05, 0.1) is 31.9 Å². The summed E-state index contributed by atoms with van der Waals surface area (Å²) in [6, 6.07) is 10.5. The van der Waals surface area contributed by atoms with Gasteiger partial charge in [-0.15, -0.1) is 0 Å². The second kappa shape index (κ2) is 9.20. The molecule has 0 radical (unpaired) electrons. The number of carbonyl (C=O) groups is 1. The molecule has 0 aliphatic heterocycles. The van der Waals surface area contributed by atoms with Gasteiger partial charge in [-0.3, -0.25) is 4.79 Å². The number of methoxy groups -OCH3 is 3. The van der Waals surface area contributed by atoms with Crippen LogP contribution in [0.2, 0.25) is 5.02 Å². The Morgan fingerprint density at radius 3 is 2.30 bits per heavy atom. The van der Waals surface area contributed by atoms with Crippen molar-refractivity contribution >= 4 is 49.9 Å². The zero-order valence-corrected chi connectivity index (χ0v) is 14.2. The van der Waals surface area contributed by atoms with E-state index in [0.717, 1.165) is 5.30 Å². The van der Waals surface area contributed by atoms with E-state index < -0.39 is 0 Å². The Kier molecular flexibility index (Phi) is 7.95. The average molecular weight is 347 g/mol. The molecule has 23 heavy (non-hydrogen) atoms. The number of hydrogen-bond donors (Lipinski definition) is 0. The molecule has 2 aromatic carbocycles. The Bertz CT molecular complexity index is 694. The summed E-state index contributed by atoms with van der Waals surface area (Å²) >= 11 is 6.14. The fraction of sp³-hybridized carbons (Fsp3) is 0.188. The zero-order valence-electron chi connectivity index (χ0n) is 12.5. The maximum absolute atomic E-state index is 12.6. The summed E-state index contributed by atoms with van der Waals surface area (Å²) in [6.07, 6.45) is 0. The summed E-state index contributed by atoms with van der Waals surface area (Å²) in [7, 11) is 4.52. The third-order valence-electron chi connectivity index (χ3n) is 3.08. The first kappa shape index (κ1) is 19.9. The predicted molar refractivity (Wildman–Crippen MR) is 97.0 cm³/mol. The standard InChI is InChI=1S/C16H16ClO4P.Li.H/c1-19-10-7-8-14(13(9-10)21-3)22-16(18)15-11(17)5-4-6-12(15)20-2;;/h4-9,22H,1-3H3;;. The van der Waals surface area contributed by atoms with Crippen LogP contribution in [0, 0.1) is 0 Å². The number of carbonyl (C=O) groups excluding carboxylic acids is 1. The zero-order chi connectivity index (χ0) is 16.1. The van der Waals surface area contributed by atoms with E-state index in [1.807, 2.05) is 6.07 Å². The van der Waals surface area contributed by atoms with Gasteiger partial charge in [0.2, 0.25) is 0 Å². The molecule has 0 fully saturated rings. The van der Waals surface area contributed by atoms with Crippen LogP contribution in [0.1, 0.15) is 10.4 Å². The van der Waals surface area contributed by atoms with Crippen LogP contribution >= 0.6 is 20.2 Å². The van der Waals surface area contributed by atoms with Crippen LogP contribution in [0.25, 0.3) is 0 Å². The van der Waals surface area contributed by atoms with Crippen molar-refractivity contribution in [2.45, 2.75) is 0 Å². The van der Waals surface area contributed by atoms with Gasteiger partial charge >= 0.3 is 18.9 Å². The van der Waals surface area contributed by atoms with Crippen LogP contribution in [0.5, 0.6) is 17.2 Å². The van der Waals surface area contributed by atoms with Crippen molar-refractivity contribution in [1.82, 2.24) is 0 Å². The van der Waals surface area contributed by atoms with E-state index in [2.05, 4.69) is 0 Å². The topological polar surface area (TPSA) is 44.8 Å². The van der Waals surface area contributed by atoms with Crippen LogP contribution < -0.4 is 19.5 Å². The summed E-state index contributed by atoms with van der Waals surface area (Å²) in [4.78, 5) is 12.6. The first-order valence-corrected chi connectivity index (χ1v) is 7.84. The van der Waals surface area contributed by atoms with Crippen molar-refractivity contribution in [3.8, 4) is 17.2 Å². The molecule has 0 N–H and O–H groups in total. The van der Waals surface area contributed by atoms with Gasteiger partial charge in [0.25, 0.3) is 0 Å². The van der Waals surface area contributed by atoms with E-state index in [0.29, 0.717) is 27.8 Å². The number of benzene rings is 2. The van der Waals surface area contributed by atoms with Gasteiger partial charge in [0.1, 0.15) is 17.2 Å². The second-order valence-corrected chi connectivity index (χ2v) is 5.99. The second-order valence-electron chi connectivity index (χ2n) is 4.34. The van der Waals surface area contributed by atoms with E-state index in [1.165, 1.54) is 7.11 Å². The molecule has 0 heterocycles. The number of halogens is 1. The molecule has 0 amide bonds. The minimum atomic E-state index is -0.129. The molecule has 2 rings (SSSR count). The quantitative estimate of drug-likeness (QED) is 0.596. The Morgan fingerprint density at radius 1 is 1.00 bits per heavy atom. The van der Waals surface area contributed by atoms with Crippen molar-refractivity contribution in [2.75, 3.05) is 21.3 Å². The molecule has 7 heteroatoms. The first-order valence-electron chi connectivity index (χ1n) is 6.46. The molecular formula is C16H17ClLiO4P. The van der Waals surface area contributed by atoms with Crippen molar-refractivity contribution in [1.29, 1.82) is 0 Å². The molecule has 1 unspecified atom stereocenters. The van der Waals surface area contributed by atoms with E-state index >= 15 is 0 Å². The number of hydrogen-bond acceptors (Lipinski definition) is 4. The summed E-state index contributed by atoms with van der Waals surface area (Å²) in [5.74, 6) is 1.75. The molecule has 0 aliphatic rings. The van der Waals surface area contributed by atoms with Gasteiger partial charge in [0, 0.05) is 11.4 Å². The molecule has 0 spiro atoms. The van der Waals surface area contributed by atoms with Gasteiger partial charge in [-0.1, -0.05) is 17.7 Å². The van der Waals surface area contributed by atoms with Crippen LogP contribution in [0.4, 0.5) is 0 Å². The SMILES string of the molecule is COc1ccc(PC(=O)c2c(Cl)cccc2OC)c(OC)c1.[LiH]. The summed E-state index contributed by atoms with van der Waals surface area (Å²) in [5.41, 5.74) is 0.286. The summed E-state index contributed by atoms with van der Waals surface area (Å²) < 4.78 is 15.7. The Hall–Kier alpha value is -1.17. The first-order chi connectivity index (χ1) is 10.6. The number of rotatable bonds is 6. The van der Waals surface area contributed by atoms with Gasteiger partial charge in [-0.25, -0.2) is 0 Å². The molecule has 118 valence electrons. The van der Waals surface area contributed by atoms with Gasteiger partial charge in [-0.2, -0.15) is 0 Å². The summed E-state index contributed by atoms with van der Waals surface area (Å²) in [6.45, 7) is 0. The van der Waals surface area contributed by atoms with Crippen molar-refractivity contribution < 1.29 is 19.0 Å². The predicted octanol–water partition coefficient (Wildman–Crippen LogP) is 2.86. The Balaban J connectivity index is 0.00000264. The van der Waals surface area contributed by atoms with Crippen molar-refractivity contribution in [2.24, 2.45) is 0 Å². The van der Waals surface area contributed by atoms with Crippen LogP contribution in [0.3, 0.4) is 0 Å². The van der Waals surface area contributed by atoms with Crippen LogP contribution in [-0.2, 0) is 0 Å². The number of ether oxygens (including phenoxy) is 3. The molecule has 4 nitrogen and oxygen atoms in total. The molecule has 0 saturated carbocycles. The molecule has 0 saturated heterocycles. The van der Waals surface area contributed by atoms with Crippen LogP contribution in [-0.4, -0.2) is 45.7 Å². The molecule has 1 atom stereocenters. The Labute approximate surface area is 154 Å².